The molecule has 0 amide bonds. The normalized spacial score (nSPS) is 14.7. The largest absolute Gasteiger partial charge is 0.283 e. The summed E-state index contributed by atoms with van der Waals surface area (Å²) in [5, 5.41) is 0. The van der Waals surface area contributed by atoms with Crippen LogP contribution in [0.4, 0.5) is 11.4 Å². The summed E-state index contributed by atoms with van der Waals surface area (Å²) in [4.78, 5) is 0. The Morgan fingerprint density at radius 1 is 1.07 bits per heavy atom. The van der Waals surface area contributed by atoms with Crippen LogP contribution in [-0.4, -0.2) is 29.1 Å². The fraction of sp³-hybridized carbons (Fsp3) is 0.368. The van der Waals surface area contributed by atoms with Gasteiger partial charge in [0.2, 0.25) is 20.0 Å². The Balaban J connectivity index is 1.88. The minimum Gasteiger partial charge on any atom is -0.283 e. The summed E-state index contributed by atoms with van der Waals surface area (Å²) >= 11 is 0. The summed E-state index contributed by atoms with van der Waals surface area (Å²) < 4.78 is 53.9. The number of hydrogen-bond acceptors (Lipinski definition) is 4. The van der Waals surface area contributed by atoms with Crippen LogP contribution in [0.3, 0.4) is 0 Å². The maximum atomic E-state index is 12.6. The predicted octanol–water partition coefficient (Wildman–Crippen LogP) is 3.04. The number of rotatable bonds is 6. The van der Waals surface area contributed by atoms with Crippen molar-refractivity contribution < 1.29 is 16.8 Å². The molecule has 0 saturated carbocycles. The summed E-state index contributed by atoms with van der Waals surface area (Å²) in [5.74, 6) is -0.122. The van der Waals surface area contributed by atoms with E-state index < -0.39 is 20.0 Å². The van der Waals surface area contributed by atoms with Gasteiger partial charge in [-0.1, -0.05) is 30.3 Å². The SMILES string of the molecule is CCS(=O)(=O)N1CCCc2ccc(NS(=O)(=O)Cc3ccccc3C)cc21. The first kappa shape index (κ1) is 19.7. The van der Waals surface area contributed by atoms with E-state index in [1.165, 1.54) is 4.31 Å². The van der Waals surface area contributed by atoms with Crippen LogP contribution in [0, 0.1) is 6.92 Å². The number of benzene rings is 2. The van der Waals surface area contributed by atoms with E-state index in [-0.39, 0.29) is 11.5 Å². The third-order valence-corrected chi connectivity index (χ3v) is 7.76. The van der Waals surface area contributed by atoms with Crippen LogP contribution in [-0.2, 0) is 32.2 Å². The smallest absolute Gasteiger partial charge is 0.236 e. The van der Waals surface area contributed by atoms with E-state index in [9.17, 15) is 16.8 Å². The van der Waals surface area contributed by atoms with E-state index in [0.29, 0.717) is 17.9 Å². The second-order valence-corrected chi connectivity index (χ2v) is 10.6. The molecule has 6 nitrogen and oxygen atoms in total. The van der Waals surface area contributed by atoms with Gasteiger partial charge in [-0.25, -0.2) is 16.8 Å². The lowest BCUT2D eigenvalue weighted by Crippen LogP contribution is -2.36. The Morgan fingerprint density at radius 2 is 1.81 bits per heavy atom. The first-order chi connectivity index (χ1) is 12.7. The maximum absolute atomic E-state index is 12.6. The standard InChI is InChI=1S/C19H24N2O4S2/c1-3-27(24,25)21-12-6-9-16-10-11-18(13-19(16)21)20-26(22,23)14-17-8-5-4-7-15(17)2/h4-5,7-8,10-11,13,20H,3,6,9,12,14H2,1-2H3. The Hall–Kier alpha value is -2.06. The van der Waals surface area contributed by atoms with Crippen LogP contribution in [0.15, 0.2) is 42.5 Å². The average molecular weight is 409 g/mol. The fourth-order valence-corrected chi connectivity index (χ4v) is 5.72. The van der Waals surface area contributed by atoms with E-state index >= 15 is 0 Å². The van der Waals surface area contributed by atoms with Gasteiger partial charge in [0.15, 0.2) is 0 Å². The van der Waals surface area contributed by atoms with Crippen LogP contribution in [0.2, 0.25) is 0 Å². The summed E-state index contributed by atoms with van der Waals surface area (Å²) in [6, 6.07) is 12.5. The van der Waals surface area contributed by atoms with E-state index in [2.05, 4.69) is 4.72 Å². The summed E-state index contributed by atoms with van der Waals surface area (Å²) in [6.45, 7) is 3.90. The van der Waals surface area contributed by atoms with Crippen molar-refractivity contribution in [2.75, 3.05) is 21.3 Å². The minimum absolute atomic E-state index is 0.00960. The van der Waals surface area contributed by atoms with E-state index in [1.807, 2.05) is 25.1 Å². The number of anilines is 2. The van der Waals surface area contributed by atoms with Gasteiger partial charge >= 0.3 is 0 Å². The zero-order valence-corrected chi connectivity index (χ0v) is 17.1. The molecule has 146 valence electrons. The quantitative estimate of drug-likeness (QED) is 0.796. The monoisotopic (exact) mass is 408 g/mol. The molecule has 27 heavy (non-hydrogen) atoms. The van der Waals surface area contributed by atoms with E-state index in [1.54, 1.807) is 31.2 Å². The van der Waals surface area contributed by atoms with Crippen molar-refractivity contribution in [1.82, 2.24) is 0 Å². The lowest BCUT2D eigenvalue weighted by Gasteiger charge is -2.30. The second kappa shape index (κ2) is 7.52. The number of nitrogens with zero attached hydrogens (tertiary/aromatic N) is 1. The predicted molar refractivity (Wildman–Crippen MR) is 109 cm³/mol. The molecule has 2 aromatic rings. The van der Waals surface area contributed by atoms with E-state index in [0.717, 1.165) is 29.5 Å². The number of sulfonamides is 2. The second-order valence-electron chi connectivity index (χ2n) is 6.71. The molecule has 3 rings (SSSR count). The molecule has 0 radical (unpaired) electrons. The Morgan fingerprint density at radius 3 is 2.52 bits per heavy atom. The molecular weight excluding hydrogens is 384 g/mol. The highest BCUT2D eigenvalue weighted by Crippen LogP contribution is 2.32. The number of aryl methyl sites for hydroxylation is 2. The summed E-state index contributed by atoms with van der Waals surface area (Å²) in [6.07, 6.45) is 1.53. The van der Waals surface area contributed by atoms with Crippen LogP contribution in [0.5, 0.6) is 0 Å². The Labute approximate surface area is 161 Å². The molecule has 0 unspecified atom stereocenters. The molecule has 1 N–H and O–H groups in total. The highest BCUT2D eigenvalue weighted by molar-refractivity contribution is 7.92. The van der Waals surface area contributed by atoms with Gasteiger partial charge in [0.25, 0.3) is 0 Å². The van der Waals surface area contributed by atoms with Crippen molar-refractivity contribution in [3.63, 3.8) is 0 Å². The summed E-state index contributed by atoms with van der Waals surface area (Å²) in [7, 11) is -7.01. The molecule has 0 spiro atoms. The molecular formula is C19H24N2O4S2. The number of fused-ring (bicyclic) bond motifs is 1. The molecule has 0 saturated heterocycles. The van der Waals surface area contributed by atoms with Crippen molar-refractivity contribution in [2.24, 2.45) is 0 Å². The highest BCUT2D eigenvalue weighted by atomic mass is 32.2. The number of nitrogens with one attached hydrogen (secondary N) is 1. The molecule has 8 heteroatoms. The molecule has 0 fully saturated rings. The molecule has 0 atom stereocenters. The van der Waals surface area contributed by atoms with Crippen molar-refractivity contribution in [1.29, 1.82) is 0 Å². The lowest BCUT2D eigenvalue weighted by atomic mass is 10.0. The molecule has 0 bridgehead atoms. The number of hydrogen-bond donors (Lipinski definition) is 1. The van der Waals surface area contributed by atoms with Gasteiger partial charge in [-0.2, -0.15) is 0 Å². The molecule has 1 aliphatic rings. The first-order valence-corrected chi connectivity index (χ1v) is 12.2. The zero-order chi connectivity index (χ0) is 19.7. The van der Waals surface area contributed by atoms with E-state index in [4.69, 9.17) is 0 Å². The minimum atomic E-state index is -3.61. The molecule has 0 aromatic heterocycles. The molecule has 2 aromatic carbocycles. The van der Waals surface area contributed by atoms with Crippen LogP contribution in [0.25, 0.3) is 0 Å². The average Bonchev–Trinajstić information content (AvgIpc) is 2.62. The lowest BCUT2D eigenvalue weighted by molar-refractivity contribution is 0.587. The van der Waals surface area contributed by atoms with Crippen molar-refractivity contribution in [3.05, 3.63) is 59.2 Å². The Kier molecular flexibility index (Phi) is 5.48. The van der Waals surface area contributed by atoms with Crippen LogP contribution in [0.1, 0.15) is 30.0 Å². The van der Waals surface area contributed by atoms with Gasteiger partial charge in [-0.15, -0.1) is 0 Å². The highest BCUT2D eigenvalue weighted by Gasteiger charge is 2.26. The van der Waals surface area contributed by atoms with Crippen molar-refractivity contribution in [2.45, 2.75) is 32.4 Å². The van der Waals surface area contributed by atoms with Gasteiger partial charge in [-0.05, 0) is 55.5 Å². The van der Waals surface area contributed by atoms with Gasteiger partial charge in [0.1, 0.15) is 0 Å². The van der Waals surface area contributed by atoms with Gasteiger partial charge in [0, 0.05) is 6.54 Å². The van der Waals surface area contributed by atoms with Crippen molar-refractivity contribution in [3.8, 4) is 0 Å². The molecule has 1 aliphatic heterocycles. The summed E-state index contributed by atoms with van der Waals surface area (Å²) in [5.41, 5.74) is 3.51. The molecule has 0 aliphatic carbocycles. The fourth-order valence-electron chi connectivity index (χ4n) is 3.24. The van der Waals surface area contributed by atoms with Gasteiger partial charge in [0.05, 0.1) is 22.9 Å². The molecule has 1 heterocycles. The topological polar surface area (TPSA) is 83.6 Å². The Bertz CT molecular complexity index is 1050. The van der Waals surface area contributed by atoms with Gasteiger partial charge < -0.3 is 0 Å². The zero-order valence-electron chi connectivity index (χ0n) is 15.5. The van der Waals surface area contributed by atoms with Crippen LogP contribution < -0.4 is 9.03 Å². The van der Waals surface area contributed by atoms with Crippen molar-refractivity contribution >= 4 is 31.4 Å². The third kappa shape index (κ3) is 4.44. The third-order valence-electron chi connectivity index (χ3n) is 4.74. The van der Waals surface area contributed by atoms with Gasteiger partial charge in [-0.3, -0.25) is 9.03 Å². The maximum Gasteiger partial charge on any atom is 0.236 e. The first-order valence-electron chi connectivity index (χ1n) is 8.90. The van der Waals surface area contributed by atoms with Crippen LogP contribution >= 0.6 is 0 Å².